The number of anilines is 1. The number of ether oxygens (including phenoxy) is 2. The molecule has 1 N–H and O–H groups in total. The highest BCUT2D eigenvalue weighted by molar-refractivity contribution is 5.97. The van der Waals surface area contributed by atoms with Crippen LogP contribution in [-0.2, 0) is 17.9 Å². The van der Waals surface area contributed by atoms with Crippen LogP contribution in [0.15, 0.2) is 41.3 Å². The number of pyridine rings is 1. The van der Waals surface area contributed by atoms with Crippen LogP contribution in [0.25, 0.3) is 10.9 Å². The largest absolute Gasteiger partial charge is 0.487 e. The van der Waals surface area contributed by atoms with E-state index in [1.807, 2.05) is 11.8 Å². The van der Waals surface area contributed by atoms with Crippen molar-refractivity contribution in [1.29, 1.82) is 0 Å². The molecule has 3 aromatic rings. The summed E-state index contributed by atoms with van der Waals surface area (Å²) in [5, 5.41) is 9.49. The highest BCUT2D eigenvalue weighted by atomic mass is 19.1. The predicted octanol–water partition coefficient (Wildman–Crippen LogP) is 3.26. The van der Waals surface area contributed by atoms with Crippen molar-refractivity contribution in [2.24, 2.45) is 0 Å². The van der Waals surface area contributed by atoms with E-state index in [2.05, 4.69) is 29.2 Å². The van der Waals surface area contributed by atoms with E-state index in [1.54, 1.807) is 11.7 Å². The van der Waals surface area contributed by atoms with E-state index in [-0.39, 0.29) is 23.6 Å². The number of aromatic nitrogens is 1. The van der Waals surface area contributed by atoms with Gasteiger partial charge in [0.05, 0.1) is 23.6 Å². The molecule has 9 heteroatoms. The molecule has 0 unspecified atom stereocenters. The summed E-state index contributed by atoms with van der Waals surface area (Å²) in [7, 11) is 1.68. The Balaban J connectivity index is 1.41. The second-order valence-corrected chi connectivity index (χ2v) is 9.19. The maximum atomic E-state index is 15.4. The number of aromatic carboxylic acids is 1. The third kappa shape index (κ3) is 4.26. The number of hydrogen-bond acceptors (Lipinski definition) is 6. The number of carboxylic acid groups (broad SMARTS) is 1. The Morgan fingerprint density at radius 1 is 1.17 bits per heavy atom. The van der Waals surface area contributed by atoms with Crippen molar-refractivity contribution in [2.75, 3.05) is 44.8 Å². The van der Waals surface area contributed by atoms with Crippen molar-refractivity contribution >= 4 is 22.6 Å². The summed E-state index contributed by atoms with van der Waals surface area (Å²) in [5.74, 6) is -1.58. The van der Waals surface area contributed by atoms with Crippen LogP contribution in [0.1, 0.15) is 34.5 Å². The molecule has 1 aromatic heterocycles. The van der Waals surface area contributed by atoms with Crippen molar-refractivity contribution in [3.63, 3.8) is 0 Å². The summed E-state index contributed by atoms with van der Waals surface area (Å²) in [4.78, 5) is 28.7. The number of hydrogen-bond donors (Lipinski definition) is 1. The molecule has 2 aromatic carbocycles. The van der Waals surface area contributed by atoms with Crippen molar-refractivity contribution in [3.05, 3.63) is 69.3 Å². The molecule has 1 fully saturated rings. The van der Waals surface area contributed by atoms with Crippen LogP contribution in [0.5, 0.6) is 5.75 Å². The molecule has 184 valence electrons. The van der Waals surface area contributed by atoms with E-state index in [4.69, 9.17) is 9.47 Å². The van der Waals surface area contributed by atoms with Gasteiger partial charge in [-0.3, -0.25) is 9.69 Å². The number of halogens is 1. The smallest absolute Gasteiger partial charge is 0.341 e. The number of piperazine rings is 1. The summed E-state index contributed by atoms with van der Waals surface area (Å²) in [5.41, 5.74) is 2.06. The lowest BCUT2D eigenvalue weighted by atomic mass is 10.1. The summed E-state index contributed by atoms with van der Waals surface area (Å²) < 4.78 is 28.3. The van der Waals surface area contributed by atoms with Gasteiger partial charge in [0.15, 0.2) is 11.6 Å². The zero-order chi connectivity index (χ0) is 24.7. The number of nitrogens with zero attached hydrogens (tertiary/aromatic N) is 3. The van der Waals surface area contributed by atoms with Gasteiger partial charge in [0.25, 0.3) is 0 Å². The number of rotatable bonds is 6. The van der Waals surface area contributed by atoms with Gasteiger partial charge in [-0.25, -0.2) is 9.18 Å². The van der Waals surface area contributed by atoms with Crippen molar-refractivity contribution in [2.45, 2.75) is 26.1 Å². The first kappa shape index (κ1) is 23.3. The van der Waals surface area contributed by atoms with Gasteiger partial charge in [0, 0.05) is 46.0 Å². The average Bonchev–Trinajstić information content (AvgIpc) is 2.84. The van der Waals surface area contributed by atoms with Crippen LogP contribution in [0.3, 0.4) is 0 Å². The van der Waals surface area contributed by atoms with Crippen LogP contribution in [0.2, 0.25) is 0 Å². The van der Waals surface area contributed by atoms with E-state index in [0.717, 1.165) is 31.3 Å². The zero-order valence-corrected chi connectivity index (χ0v) is 19.8. The summed E-state index contributed by atoms with van der Waals surface area (Å²) in [6.45, 7) is 6.24. The lowest BCUT2D eigenvalue weighted by Gasteiger charge is -2.38. The van der Waals surface area contributed by atoms with Crippen molar-refractivity contribution < 1.29 is 23.8 Å². The zero-order valence-electron chi connectivity index (χ0n) is 19.8. The molecule has 5 rings (SSSR count). The minimum absolute atomic E-state index is 0.0308. The molecule has 2 aliphatic rings. The summed E-state index contributed by atoms with van der Waals surface area (Å²) in [6, 6.07) is 9.32. The van der Waals surface area contributed by atoms with Gasteiger partial charge in [0.1, 0.15) is 17.9 Å². The molecule has 35 heavy (non-hydrogen) atoms. The van der Waals surface area contributed by atoms with Gasteiger partial charge in [-0.1, -0.05) is 24.3 Å². The number of carbonyl (C=O) groups is 1. The Morgan fingerprint density at radius 2 is 1.86 bits per heavy atom. The quantitative estimate of drug-likeness (QED) is 0.579. The van der Waals surface area contributed by atoms with Gasteiger partial charge < -0.3 is 24.0 Å². The van der Waals surface area contributed by atoms with Gasteiger partial charge in [0.2, 0.25) is 5.43 Å². The fraction of sp³-hybridized carbons (Fsp3) is 0.385. The highest BCUT2D eigenvalue weighted by Gasteiger charge is 2.31. The maximum absolute atomic E-state index is 15.4. The maximum Gasteiger partial charge on any atom is 0.341 e. The lowest BCUT2D eigenvalue weighted by Crippen LogP contribution is -2.46. The Kier molecular flexibility index (Phi) is 6.21. The highest BCUT2D eigenvalue weighted by Crippen LogP contribution is 2.42. The van der Waals surface area contributed by atoms with Gasteiger partial charge >= 0.3 is 5.97 Å². The second kappa shape index (κ2) is 9.31. The number of benzene rings is 2. The standard InChI is InChI=1S/C26H28FN3O5/c1-16-14-35-25-22-19(24(31)20(26(32)33)13-30(16)22)11-21(27)23(25)29-9-7-28(8-10-29)12-17-3-5-18(6-4-17)15-34-2/h3-6,11,13,16H,7-10,12,14-15H2,1-2H3,(H,32,33)/t16-/m0/s1. The van der Waals surface area contributed by atoms with E-state index in [1.165, 1.54) is 11.8 Å². The average molecular weight is 482 g/mol. The van der Waals surface area contributed by atoms with Gasteiger partial charge in [-0.15, -0.1) is 0 Å². The molecule has 8 nitrogen and oxygen atoms in total. The summed E-state index contributed by atoms with van der Waals surface area (Å²) >= 11 is 0. The summed E-state index contributed by atoms with van der Waals surface area (Å²) in [6.07, 6.45) is 1.35. The minimum atomic E-state index is -1.32. The molecule has 1 saturated heterocycles. The molecule has 0 saturated carbocycles. The molecule has 0 radical (unpaired) electrons. The first-order chi connectivity index (χ1) is 16.9. The van der Waals surface area contributed by atoms with Crippen LogP contribution in [0, 0.1) is 5.82 Å². The fourth-order valence-electron chi connectivity index (χ4n) is 4.95. The SMILES string of the molecule is COCc1ccc(CN2CCN(c3c(F)cc4c(=O)c(C(=O)O)cn5c4c3OC[C@@H]5C)CC2)cc1. The van der Waals surface area contributed by atoms with Crippen LogP contribution >= 0.6 is 0 Å². The Morgan fingerprint density at radius 3 is 2.51 bits per heavy atom. The molecule has 1 atom stereocenters. The van der Waals surface area contributed by atoms with Crippen LogP contribution in [-0.4, -0.2) is 60.4 Å². The number of carboxylic acids is 1. The molecule has 0 amide bonds. The third-order valence-electron chi connectivity index (χ3n) is 6.80. The molecule has 0 bridgehead atoms. The number of methoxy groups -OCH3 is 1. The second-order valence-electron chi connectivity index (χ2n) is 9.19. The molecule has 0 spiro atoms. The topological polar surface area (TPSA) is 84.2 Å². The van der Waals surface area contributed by atoms with Crippen LogP contribution in [0.4, 0.5) is 10.1 Å². The lowest BCUT2D eigenvalue weighted by molar-refractivity contribution is 0.0694. The Hall–Kier alpha value is -3.43. The van der Waals surface area contributed by atoms with E-state index >= 15 is 4.39 Å². The normalized spacial score (nSPS) is 18.0. The molecule has 0 aliphatic carbocycles. The van der Waals surface area contributed by atoms with Crippen molar-refractivity contribution in [3.8, 4) is 5.75 Å². The van der Waals surface area contributed by atoms with E-state index in [0.29, 0.717) is 36.6 Å². The van der Waals surface area contributed by atoms with Gasteiger partial charge in [-0.05, 0) is 24.1 Å². The molecule has 2 aliphatic heterocycles. The monoisotopic (exact) mass is 481 g/mol. The van der Waals surface area contributed by atoms with Crippen molar-refractivity contribution in [1.82, 2.24) is 9.47 Å². The molecular weight excluding hydrogens is 453 g/mol. The van der Waals surface area contributed by atoms with E-state index in [9.17, 15) is 14.7 Å². The first-order valence-corrected chi connectivity index (χ1v) is 11.7. The van der Waals surface area contributed by atoms with Crippen LogP contribution < -0.4 is 15.1 Å². The Labute approximate surface area is 202 Å². The molecule has 3 heterocycles. The molecular formula is C26H28FN3O5. The first-order valence-electron chi connectivity index (χ1n) is 11.7. The Bertz CT molecular complexity index is 1330. The fourth-order valence-corrected chi connectivity index (χ4v) is 4.95. The van der Waals surface area contributed by atoms with Gasteiger partial charge in [-0.2, -0.15) is 0 Å². The van der Waals surface area contributed by atoms with E-state index < -0.39 is 17.2 Å². The third-order valence-corrected chi connectivity index (χ3v) is 6.80. The predicted molar refractivity (Wildman–Crippen MR) is 130 cm³/mol. The minimum Gasteiger partial charge on any atom is -0.487 e.